The standard InChI is InChI=1S/C12H12O4.2C2H6/c1-15-12(14)9-6-7-16-10-5-3-2-4-8(10)11(9)13;2*1-2/h2-5,9H,6-7H2,1H3;2*1-2H3. The second kappa shape index (κ2) is 10.0. The molecule has 0 bridgehead atoms. The zero-order valence-electron chi connectivity index (χ0n) is 12.9. The third kappa shape index (κ3) is 4.37. The molecule has 1 aromatic carbocycles. The maximum Gasteiger partial charge on any atom is 0.316 e. The Balaban J connectivity index is 0.000000829. The van der Waals surface area contributed by atoms with Gasteiger partial charge in [-0.05, 0) is 12.1 Å². The van der Waals surface area contributed by atoms with Gasteiger partial charge in [0.15, 0.2) is 5.78 Å². The zero-order valence-corrected chi connectivity index (χ0v) is 12.9. The van der Waals surface area contributed by atoms with Crippen LogP contribution < -0.4 is 4.74 Å². The van der Waals surface area contributed by atoms with Crippen molar-refractivity contribution < 1.29 is 19.1 Å². The van der Waals surface area contributed by atoms with Gasteiger partial charge in [-0.25, -0.2) is 0 Å². The van der Waals surface area contributed by atoms with Crippen molar-refractivity contribution >= 4 is 11.8 Å². The van der Waals surface area contributed by atoms with Crippen molar-refractivity contribution in [1.29, 1.82) is 0 Å². The van der Waals surface area contributed by atoms with Crippen molar-refractivity contribution in [2.75, 3.05) is 13.7 Å². The van der Waals surface area contributed by atoms with Gasteiger partial charge < -0.3 is 9.47 Å². The summed E-state index contributed by atoms with van der Waals surface area (Å²) in [5, 5.41) is 0. The molecular weight excluding hydrogens is 256 g/mol. The number of methoxy groups -OCH3 is 1. The number of ether oxygens (including phenoxy) is 2. The highest BCUT2D eigenvalue weighted by Crippen LogP contribution is 2.27. The van der Waals surface area contributed by atoms with Gasteiger partial charge in [0.2, 0.25) is 0 Å². The van der Waals surface area contributed by atoms with Crippen molar-refractivity contribution in [3.05, 3.63) is 29.8 Å². The molecule has 4 heteroatoms. The Morgan fingerprint density at radius 1 is 1.20 bits per heavy atom. The maximum atomic E-state index is 12.1. The molecule has 0 saturated heterocycles. The summed E-state index contributed by atoms with van der Waals surface area (Å²) < 4.78 is 10.0. The number of Topliss-reactive ketones (excluding diaryl/α,β-unsaturated/α-hetero) is 1. The molecule has 1 unspecified atom stereocenters. The van der Waals surface area contributed by atoms with E-state index in [9.17, 15) is 9.59 Å². The van der Waals surface area contributed by atoms with E-state index in [0.29, 0.717) is 24.3 Å². The van der Waals surface area contributed by atoms with Gasteiger partial charge in [-0.2, -0.15) is 0 Å². The second-order valence-corrected chi connectivity index (χ2v) is 3.57. The van der Waals surface area contributed by atoms with Crippen LogP contribution in [0.2, 0.25) is 0 Å². The molecule has 1 aliphatic heterocycles. The van der Waals surface area contributed by atoms with Gasteiger partial charge in [-0.3, -0.25) is 9.59 Å². The van der Waals surface area contributed by atoms with Gasteiger partial charge >= 0.3 is 5.97 Å². The first kappa shape index (κ1) is 18.2. The number of ketones is 1. The van der Waals surface area contributed by atoms with Crippen molar-refractivity contribution in [2.24, 2.45) is 5.92 Å². The first-order chi connectivity index (χ1) is 9.74. The van der Waals surface area contributed by atoms with Gasteiger partial charge in [0, 0.05) is 6.42 Å². The largest absolute Gasteiger partial charge is 0.493 e. The normalized spacial score (nSPS) is 16.1. The van der Waals surface area contributed by atoms with Crippen molar-refractivity contribution in [3.8, 4) is 5.75 Å². The summed E-state index contributed by atoms with van der Waals surface area (Å²) in [5.41, 5.74) is 0.454. The topological polar surface area (TPSA) is 52.6 Å². The minimum atomic E-state index is -0.742. The van der Waals surface area contributed by atoms with Crippen LogP contribution in [0, 0.1) is 5.92 Å². The molecule has 0 amide bonds. The number of carbonyl (C=O) groups is 2. The lowest BCUT2D eigenvalue weighted by Crippen LogP contribution is -2.25. The van der Waals surface area contributed by atoms with Crippen LogP contribution in [0.4, 0.5) is 0 Å². The Morgan fingerprint density at radius 3 is 2.40 bits per heavy atom. The number of fused-ring (bicyclic) bond motifs is 1. The fourth-order valence-electron chi connectivity index (χ4n) is 1.77. The molecule has 1 aromatic rings. The molecule has 0 spiro atoms. The van der Waals surface area contributed by atoms with Crippen molar-refractivity contribution in [1.82, 2.24) is 0 Å². The predicted octanol–water partition coefficient (Wildman–Crippen LogP) is 3.49. The first-order valence-corrected chi connectivity index (χ1v) is 7.08. The number of carbonyl (C=O) groups excluding carboxylic acids is 2. The number of benzene rings is 1. The average Bonchev–Trinajstić information content (AvgIpc) is 2.70. The summed E-state index contributed by atoms with van der Waals surface area (Å²) in [7, 11) is 1.28. The predicted molar refractivity (Wildman–Crippen MR) is 79.1 cm³/mol. The smallest absolute Gasteiger partial charge is 0.316 e. The van der Waals surface area contributed by atoms with E-state index in [-0.39, 0.29) is 5.78 Å². The molecule has 20 heavy (non-hydrogen) atoms. The van der Waals surface area contributed by atoms with Crippen LogP contribution in [0.15, 0.2) is 24.3 Å². The molecule has 4 nitrogen and oxygen atoms in total. The van der Waals surface area contributed by atoms with E-state index in [2.05, 4.69) is 4.74 Å². The molecule has 1 heterocycles. The average molecular weight is 280 g/mol. The lowest BCUT2D eigenvalue weighted by Gasteiger charge is -2.09. The van der Waals surface area contributed by atoms with Gasteiger partial charge in [-0.15, -0.1) is 0 Å². The molecule has 0 fully saturated rings. The van der Waals surface area contributed by atoms with E-state index in [4.69, 9.17) is 4.74 Å². The molecule has 0 saturated carbocycles. The number of hydrogen-bond acceptors (Lipinski definition) is 4. The number of rotatable bonds is 1. The highest BCUT2D eigenvalue weighted by atomic mass is 16.5. The van der Waals surface area contributed by atoms with E-state index in [1.54, 1.807) is 24.3 Å². The Labute approximate surface area is 121 Å². The minimum absolute atomic E-state index is 0.222. The Kier molecular flexibility index (Phi) is 9.09. The SMILES string of the molecule is CC.CC.COC(=O)C1CCOc2ccccc2C1=O. The lowest BCUT2D eigenvalue weighted by atomic mass is 9.95. The highest BCUT2D eigenvalue weighted by Gasteiger charge is 2.32. The van der Waals surface area contributed by atoms with Gasteiger partial charge in [0.05, 0.1) is 19.3 Å². The number of esters is 1. The van der Waals surface area contributed by atoms with Gasteiger partial charge in [-0.1, -0.05) is 39.8 Å². The third-order valence-corrected chi connectivity index (χ3v) is 2.62. The Hall–Kier alpha value is -1.84. The van der Waals surface area contributed by atoms with Crippen molar-refractivity contribution in [2.45, 2.75) is 34.1 Å². The van der Waals surface area contributed by atoms with Crippen LogP contribution in [-0.2, 0) is 9.53 Å². The quantitative estimate of drug-likeness (QED) is 0.583. The Bertz CT molecular complexity index is 426. The summed E-state index contributed by atoms with van der Waals surface area (Å²) >= 11 is 0. The maximum absolute atomic E-state index is 12.1. The lowest BCUT2D eigenvalue weighted by molar-refractivity contribution is -0.143. The van der Waals surface area contributed by atoms with Gasteiger partial charge in [0.25, 0.3) is 0 Å². The zero-order chi connectivity index (χ0) is 15.5. The summed E-state index contributed by atoms with van der Waals surface area (Å²) in [6.07, 6.45) is 0.361. The van der Waals surface area contributed by atoms with Crippen LogP contribution in [0.25, 0.3) is 0 Å². The number of hydrogen-bond donors (Lipinski definition) is 0. The summed E-state index contributed by atoms with van der Waals surface area (Å²) in [6.45, 7) is 8.35. The minimum Gasteiger partial charge on any atom is -0.493 e. The molecule has 1 atom stereocenters. The van der Waals surface area contributed by atoms with Crippen LogP contribution in [0.1, 0.15) is 44.5 Å². The molecule has 0 N–H and O–H groups in total. The van der Waals surface area contributed by atoms with Crippen LogP contribution in [-0.4, -0.2) is 25.5 Å². The molecule has 0 radical (unpaired) electrons. The number of para-hydroxylation sites is 1. The molecular formula is C16H24O4. The van der Waals surface area contributed by atoms with E-state index < -0.39 is 11.9 Å². The van der Waals surface area contributed by atoms with Crippen LogP contribution in [0.5, 0.6) is 5.75 Å². The first-order valence-electron chi connectivity index (χ1n) is 7.08. The Morgan fingerprint density at radius 2 is 1.80 bits per heavy atom. The molecule has 0 aromatic heterocycles. The summed E-state index contributed by atoms with van der Waals surface area (Å²) in [6, 6.07) is 6.94. The van der Waals surface area contributed by atoms with E-state index in [1.165, 1.54) is 7.11 Å². The molecule has 0 aliphatic carbocycles. The molecule has 2 rings (SSSR count). The van der Waals surface area contributed by atoms with Crippen LogP contribution in [0.3, 0.4) is 0 Å². The third-order valence-electron chi connectivity index (χ3n) is 2.62. The highest BCUT2D eigenvalue weighted by molar-refractivity contribution is 6.10. The van der Waals surface area contributed by atoms with E-state index in [0.717, 1.165) is 0 Å². The van der Waals surface area contributed by atoms with E-state index in [1.807, 2.05) is 27.7 Å². The van der Waals surface area contributed by atoms with Crippen molar-refractivity contribution in [3.63, 3.8) is 0 Å². The summed E-state index contributed by atoms with van der Waals surface area (Å²) in [5.74, 6) is -0.919. The van der Waals surface area contributed by atoms with Gasteiger partial charge in [0.1, 0.15) is 11.7 Å². The second-order valence-electron chi connectivity index (χ2n) is 3.57. The fraction of sp³-hybridized carbons (Fsp3) is 0.500. The molecule has 112 valence electrons. The monoisotopic (exact) mass is 280 g/mol. The van der Waals surface area contributed by atoms with Crippen LogP contribution >= 0.6 is 0 Å². The summed E-state index contributed by atoms with van der Waals surface area (Å²) in [4.78, 5) is 23.5. The van der Waals surface area contributed by atoms with E-state index >= 15 is 0 Å². The molecule has 1 aliphatic rings. The fourth-order valence-corrected chi connectivity index (χ4v) is 1.77.